The van der Waals surface area contributed by atoms with Gasteiger partial charge >= 0.3 is 0 Å². The molecule has 2 heterocycles. The Morgan fingerprint density at radius 3 is 1.78 bits per heavy atom. The van der Waals surface area contributed by atoms with Crippen molar-refractivity contribution in [1.29, 1.82) is 0 Å². The van der Waals surface area contributed by atoms with Crippen LogP contribution in [-0.2, 0) is 5.41 Å². The molecule has 1 fully saturated rings. The zero-order valence-corrected chi connectivity index (χ0v) is 28.5. The molecule has 51 heavy (non-hydrogen) atoms. The third kappa shape index (κ3) is 4.87. The molecule has 0 unspecified atom stereocenters. The molecule has 0 atom stereocenters. The van der Waals surface area contributed by atoms with Crippen LogP contribution in [-0.4, -0.2) is 4.57 Å². The predicted octanol–water partition coefficient (Wildman–Crippen LogP) is 13.4. The zero-order valence-electron chi connectivity index (χ0n) is 28.5. The van der Waals surface area contributed by atoms with Crippen LogP contribution in [0.3, 0.4) is 0 Å². The minimum Gasteiger partial charge on any atom is -0.456 e. The summed E-state index contributed by atoms with van der Waals surface area (Å²) in [6.07, 6.45) is 6.21. The molecular weight excluding hydrogens is 621 g/mol. The number of hydrogen-bond acceptors (Lipinski definition) is 2. The Hall–Kier alpha value is -6.06. The average Bonchev–Trinajstić information content (AvgIpc) is 3.74. The number of anilines is 3. The van der Waals surface area contributed by atoms with E-state index in [1.165, 1.54) is 65.0 Å². The minimum absolute atomic E-state index is 0.0513. The van der Waals surface area contributed by atoms with E-state index in [2.05, 4.69) is 173 Å². The van der Waals surface area contributed by atoms with Crippen molar-refractivity contribution >= 4 is 60.8 Å². The Morgan fingerprint density at radius 2 is 1.00 bits per heavy atom. The summed E-state index contributed by atoms with van der Waals surface area (Å²) in [4.78, 5) is 2.41. The van der Waals surface area contributed by atoms with Crippen LogP contribution in [0.1, 0.15) is 43.2 Å². The molecule has 1 aliphatic carbocycles. The van der Waals surface area contributed by atoms with Gasteiger partial charge in [0.05, 0.1) is 11.0 Å². The van der Waals surface area contributed by atoms with Gasteiger partial charge in [0, 0.05) is 49.7 Å². The van der Waals surface area contributed by atoms with Crippen LogP contribution in [0.4, 0.5) is 17.1 Å². The summed E-state index contributed by atoms with van der Waals surface area (Å²) in [5.41, 5.74) is 11.6. The summed E-state index contributed by atoms with van der Waals surface area (Å²) in [5.74, 6) is 0. The van der Waals surface area contributed by atoms with Crippen molar-refractivity contribution < 1.29 is 4.42 Å². The van der Waals surface area contributed by atoms with Crippen molar-refractivity contribution in [2.75, 3.05) is 4.90 Å². The van der Waals surface area contributed by atoms with E-state index in [0.717, 1.165) is 44.7 Å². The maximum absolute atomic E-state index is 6.26. The summed E-state index contributed by atoms with van der Waals surface area (Å²) < 4.78 is 8.64. The maximum Gasteiger partial charge on any atom is 0.135 e. The van der Waals surface area contributed by atoms with Crippen LogP contribution in [0.25, 0.3) is 49.4 Å². The molecule has 0 aliphatic heterocycles. The second kappa shape index (κ2) is 12.1. The van der Waals surface area contributed by atoms with Gasteiger partial charge in [-0.2, -0.15) is 0 Å². The van der Waals surface area contributed by atoms with Crippen LogP contribution >= 0.6 is 0 Å². The molecule has 0 N–H and O–H groups in total. The van der Waals surface area contributed by atoms with E-state index in [4.69, 9.17) is 4.42 Å². The van der Waals surface area contributed by atoms with Crippen molar-refractivity contribution in [3.63, 3.8) is 0 Å². The summed E-state index contributed by atoms with van der Waals surface area (Å²) in [6.45, 7) is 0. The molecule has 1 saturated carbocycles. The maximum atomic E-state index is 6.26. The first-order chi connectivity index (χ1) is 25.3. The molecule has 10 rings (SSSR count). The lowest BCUT2D eigenvalue weighted by Gasteiger charge is -2.39. The van der Waals surface area contributed by atoms with Gasteiger partial charge in [-0.3, -0.25) is 0 Å². The fourth-order valence-corrected chi connectivity index (χ4v) is 8.84. The average molecular weight is 659 g/mol. The van der Waals surface area contributed by atoms with E-state index in [9.17, 15) is 0 Å². The topological polar surface area (TPSA) is 21.3 Å². The van der Waals surface area contributed by atoms with Crippen molar-refractivity contribution in [2.45, 2.75) is 37.5 Å². The smallest absolute Gasteiger partial charge is 0.135 e. The molecule has 3 nitrogen and oxygen atoms in total. The Morgan fingerprint density at radius 1 is 0.431 bits per heavy atom. The molecule has 0 saturated heterocycles. The van der Waals surface area contributed by atoms with Crippen LogP contribution in [0, 0.1) is 0 Å². The normalized spacial score (nSPS) is 14.4. The summed E-state index contributed by atoms with van der Waals surface area (Å²) >= 11 is 0. The van der Waals surface area contributed by atoms with Gasteiger partial charge in [0.25, 0.3) is 0 Å². The summed E-state index contributed by atoms with van der Waals surface area (Å²) in [5, 5.41) is 4.73. The molecule has 1 aliphatic rings. The number of fused-ring (bicyclic) bond motifs is 6. The largest absolute Gasteiger partial charge is 0.456 e. The Labute approximate surface area is 298 Å². The van der Waals surface area contributed by atoms with Gasteiger partial charge < -0.3 is 13.9 Å². The van der Waals surface area contributed by atoms with Gasteiger partial charge in [-0.15, -0.1) is 0 Å². The third-order valence-electron chi connectivity index (χ3n) is 11.3. The quantitative estimate of drug-likeness (QED) is 0.177. The lowest BCUT2D eigenvalue weighted by Crippen LogP contribution is -2.30. The Kier molecular flexibility index (Phi) is 7.06. The first kappa shape index (κ1) is 29.8. The molecule has 0 amide bonds. The first-order valence-corrected chi connectivity index (χ1v) is 18.2. The lowest BCUT2D eigenvalue weighted by atomic mass is 9.65. The predicted molar refractivity (Wildman–Crippen MR) is 213 cm³/mol. The molecular formula is C48H38N2O. The molecule has 0 spiro atoms. The fraction of sp³-hybridized carbons (Fsp3) is 0.125. The van der Waals surface area contributed by atoms with Crippen molar-refractivity contribution in [1.82, 2.24) is 4.57 Å². The SMILES string of the molecule is c1ccc(-n2c3ccccc3c3cc(N(c4ccc(C5(c6ccccc6)CCCCC5)cc4)c4ccc5oc6ccccc6c5c4)ccc32)cc1. The van der Waals surface area contributed by atoms with E-state index < -0.39 is 0 Å². The number of rotatable bonds is 6. The van der Waals surface area contributed by atoms with Crippen LogP contribution in [0.5, 0.6) is 0 Å². The monoisotopic (exact) mass is 658 g/mol. The van der Waals surface area contributed by atoms with Crippen LogP contribution in [0.2, 0.25) is 0 Å². The molecule has 9 aromatic rings. The van der Waals surface area contributed by atoms with Gasteiger partial charge in [-0.05, 0) is 96.8 Å². The fourth-order valence-electron chi connectivity index (χ4n) is 8.84. The number of aromatic nitrogens is 1. The number of para-hydroxylation sites is 3. The molecule has 0 bridgehead atoms. The highest BCUT2D eigenvalue weighted by Crippen LogP contribution is 2.47. The molecule has 2 aromatic heterocycles. The Balaban J connectivity index is 1.17. The molecule has 7 aromatic carbocycles. The van der Waals surface area contributed by atoms with Crippen molar-refractivity contribution in [3.05, 3.63) is 181 Å². The number of hydrogen-bond donors (Lipinski definition) is 0. The van der Waals surface area contributed by atoms with Crippen molar-refractivity contribution in [2.24, 2.45) is 0 Å². The number of furan rings is 1. The van der Waals surface area contributed by atoms with E-state index >= 15 is 0 Å². The summed E-state index contributed by atoms with van der Waals surface area (Å²) in [6, 6.07) is 62.0. The van der Waals surface area contributed by atoms with E-state index in [1.54, 1.807) is 0 Å². The van der Waals surface area contributed by atoms with Crippen LogP contribution in [0.15, 0.2) is 174 Å². The van der Waals surface area contributed by atoms with Gasteiger partial charge in [-0.1, -0.05) is 116 Å². The molecule has 3 heteroatoms. The minimum atomic E-state index is 0.0513. The first-order valence-electron chi connectivity index (χ1n) is 18.2. The number of nitrogens with zero attached hydrogens (tertiary/aromatic N) is 2. The highest BCUT2D eigenvalue weighted by Gasteiger charge is 2.35. The Bertz CT molecular complexity index is 2660. The second-order valence-electron chi connectivity index (χ2n) is 14.1. The highest BCUT2D eigenvalue weighted by atomic mass is 16.3. The standard InChI is InChI=1S/C48H38N2O/c1-4-14-34(15-5-1)48(30-12-3-13-31-48)35-22-24-37(25-23-35)49(39-27-29-47-43(33-39)41-19-9-11-21-46(41)51-47)38-26-28-45-42(32-38)40-18-8-10-20-44(40)50(45)36-16-6-2-7-17-36/h1-2,4-11,14-29,32-33H,3,12-13,30-31H2. The van der Waals surface area contributed by atoms with Gasteiger partial charge in [-0.25, -0.2) is 0 Å². The van der Waals surface area contributed by atoms with E-state index in [-0.39, 0.29) is 5.41 Å². The zero-order chi connectivity index (χ0) is 33.8. The third-order valence-corrected chi connectivity index (χ3v) is 11.3. The molecule has 246 valence electrons. The second-order valence-corrected chi connectivity index (χ2v) is 14.1. The lowest BCUT2D eigenvalue weighted by molar-refractivity contribution is 0.346. The van der Waals surface area contributed by atoms with Gasteiger partial charge in [0.15, 0.2) is 0 Å². The van der Waals surface area contributed by atoms with Gasteiger partial charge in [0.2, 0.25) is 0 Å². The highest BCUT2D eigenvalue weighted by molar-refractivity contribution is 6.11. The van der Waals surface area contributed by atoms with E-state index in [0.29, 0.717) is 0 Å². The van der Waals surface area contributed by atoms with E-state index in [1.807, 2.05) is 6.07 Å². The van der Waals surface area contributed by atoms with Crippen molar-refractivity contribution in [3.8, 4) is 5.69 Å². The molecule has 0 radical (unpaired) electrons. The van der Waals surface area contributed by atoms with Gasteiger partial charge in [0.1, 0.15) is 11.2 Å². The summed E-state index contributed by atoms with van der Waals surface area (Å²) in [7, 11) is 0. The van der Waals surface area contributed by atoms with Crippen LogP contribution < -0.4 is 4.90 Å². The number of benzene rings is 7.